The standard InChI is InChI=1S/C13H17N3/c1-9(2)11-6-4-5-7-12(11)16-13-14-8-10(3)15-13/h4-9H,1-3H3,(H2,14,15,16). The highest BCUT2D eigenvalue weighted by molar-refractivity contribution is 5.59. The van der Waals surface area contributed by atoms with Crippen LogP contribution in [0.2, 0.25) is 0 Å². The third kappa shape index (κ3) is 2.24. The van der Waals surface area contributed by atoms with E-state index in [0.29, 0.717) is 5.92 Å². The quantitative estimate of drug-likeness (QED) is 0.821. The summed E-state index contributed by atoms with van der Waals surface area (Å²) in [5.41, 5.74) is 3.48. The van der Waals surface area contributed by atoms with Crippen molar-refractivity contribution in [3.8, 4) is 0 Å². The summed E-state index contributed by atoms with van der Waals surface area (Å²) in [6.45, 7) is 6.37. The van der Waals surface area contributed by atoms with Crippen LogP contribution in [0.15, 0.2) is 30.5 Å². The van der Waals surface area contributed by atoms with Crippen LogP contribution in [0.25, 0.3) is 0 Å². The Labute approximate surface area is 95.9 Å². The molecule has 0 fully saturated rings. The Kier molecular flexibility index (Phi) is 2.95. The van der Waals surface area contributed by atoms with Crippen LogP contribution in [0.4, 0.5) is 11.6 Å². The Morgan fingerprint density at radius 3 is 2.62 bits per heavy atom. The van der Waals surface area contributed by atoms with Gasteiger partial charge in [0, 0.05) is 17.6 Å². The van der Waals surface area contributed by atoms with Crippen molar-refractivity contribution in [2.75, 3.05) is 5.32 Å². The number of hydrogen-bond acceptors (Lipinski definition) is 2. The zero-order chi connectivity index (χ0) is 11.5. The Bertz CT molecular complexity index is 472. The van der Waals surface area contributed by atoms with E-state index in [-0.39, 0.29) is 0 Å². The molecule has 0 saturated carbocycles. The first-order valence-electron chi connectivity index (χ1n) is 5.54. The topological polar surface area (TPSA) is 40.7 Å². The van der Waals surface area contributed by atoms with Crippen LogP contribution in [-0.2, 0) is 0 Å². The molecule has 0 spiro atoms. The number of H-pyrrole nitrogens is 1. The van der Waals surface area contributed by atoms with Crippen molar-refractivity contribution in [2.24, 2.45) is 0 Å². The van der Waals surface area contributed by atoms with Crippen LogP contribution < -0.4 is 5.32 Å². The van der Waals surface area contributed by atoms with Gasteiger partial charge in [-0.3, -0.25) is 0 Å². The molecule has 3 nitrogen and oxygen atoms in total. The van der Waals surface area contributed by atoms with Crippen LogP contribution in [0.1, 0.15) is 31.0 Å². The highest BCUT2D eigenvalue weighted by Gasteiger charge is 2.06. The van der Waals surface area contributed by atoms with Gasteiger partial charge in [0.25, 0.3) is 0 Å². The zero-order valence-electron chi connectivity index (χ0n) is 9.91. The molecule has 16 heavy (non-hydrogen) atoms. The molecule has 1 heterocycles. The van der Waals surface area contributed by atoms with Crippen molar-refractivity contribution >= 4 is 11.6 Å². The van der Waals surface area contributed by atoms with Gasteiger partial charge >= 0.3 is 0 Å². The molecule has 3 heteroatoms. The second-order valence-electron chi connectivity index (χ2n) is 4.28. The van der Waals surface area contributed by atoms with Crippen molar-refractivity contribution in [3.05, 3.63) is 41.7 Å². The monoisotopic (exact) mass is 215 g/mol. The zero-order valence-corrected chi connectivity index (χ0v) is 9.91. The highest BCUT2D eigenvalue weighted by atomic mass is 15.1. The third-order valence-corrected chi connectivity index (χ3v) is 2.54. The average Bonchev–Trinajstić information content (AvgIpc) is 2.64. The predicted octanol–water partition coefficient (Wildman–Crippen LogP) is 3.59. The van der Waals surface area contributed by atoms with Gasteiger partial charge < -0.3 is 10.3 Å². The number of aryl methyl sites for hydroxylation is 1. The van der Waals surface area contributed by atoms with Gasteiger partial charge in [0.1, 0.15) is 0 Å². The fourth-order valence-electron chi connectivity index (χ4n) is 1.72. The second kappa shape index (κ2) is 4.39. The Morgan fingerprint density at radius 1 is 1.25 bits per heavy atom. The summed E-state index contributed by atoms with van der Waals surface area (Å²) in [7, 11) is 0. The maximum absolute atomic E-state index is 4.24. The molecular formula is C13H17N3. The van der Waals surface area contributed by atoms with Crippen molar-refractivity contribution in [2.45, 2.75) is 26.7 Å². The van der Waals surface area contributed by atoms with E-state index in [1.54, 1.807) is 0 Å². The molecule has 0 saturated heterocycles. The molecule has 0 radical (unpaired) electrons. The summed E-state index contributed by atoms with van der Waals surface area (Å²) in [5, 5.41) is 3.31. The molecule has 0 aliphatic carbocycles. The summed E-state index contributed by atoms with van der Waals surface area (Å²) in [5.74, 6) is 1.30. The second-order valence-corrected chi connectivity index (χ2v) is 4.28. The maximum atomic E-state index is 4.24. The van der Waals surface area contributed by atoms with Crippen molar-refractivity contribution < 1.29 is 0 Å². The van der Waals surface area contributed by atoms with Crippen LogP contribution in [0.3, 0.4) is 0 Å². The SMILES string of the molecule is Cc1cnc(Nc2ccccc2C(C)C)[nH]1. The number of anilines is 2. The molecule has 2 aromatic rings. The molecule has 0 bridgehead atoms. The number of nitrogens with zero attached hydrogens (tertiary/aromatic N) is 1. The molecule has 0 amide bonds. The fourth-order valence-corrected chi connectivity index (χ4v) is 1.72. The largest absolute Gasteiger partial charge is 0.328 e. The normalized spacial score (nSPS) is 10.8. The third-order valence-electron chi connectivity index (χ3n) is 2.54. The van der Waals surface area contributed by atoms with Gasteiger partial charge in [-0.15, -0.1) is 0 Å². The van der Waals surface area contributed by atoms with Crippen molar-refractivity contribution in [1.82, 2.24) is 9.97 Å². The van der Waals surface area contributed by atoms with Crippen LogP contribution in [0, 0.1) is 6.92 Å². The molecule has 1 aromatic heterocycles. The van der Waals surface area contributed by atoms with E-state index in [0.717, 1.165) is 17.3 Å². The summed E-state index contributed by atoms with van der Waals surface area (Å²) in [6.07, 6.45) is 1.82. The van der Waals surface area contributed by atoms with E-state index in [2.05, 4.69) is 47.3 Å². The lowest BCUT2D eigenvalue weighted by molar-refractivity contribution is 0.868. The first-order valence-corrected chi connectivity index (χ1v) is 5.54. The van der Waals surface area contributed by atoms with E-state index in [1.807, 2.05) is 19.2 Å². The van der Waals surface area contributed by atoms with E-state index in [4.69, 9.17) is 0 Å². The number of nitrogens with one attached hydrogen (secondary N) is 2. The Balaban J connectivity index is 2.27. The number of rotatable bonds is 3. The molecule has 0 atom stereocenters. The van der Waals surface area contributed by atoms with E-state index in [9.17, 15) is 0 Å². The first kappa shape index (κ1) is 10.7. The molecule has 0 aliphatic rings. The van der Waals surface area contributed by atoms with Crippen LogP contribution in [0.5, 0.6) is 0 Å². The molecule has 84 valence electrons. The molecule has 2 rings (SSSR count). The van der Waals surface area contributed by atoms with Gasteiger partial charge in [-0.2, -0.15) is 0 Å². The predicted molar refractivity (Wildman–Crippen MR) is 67.1 cm³/mol. The van der Waals surface area contributed by atoms with E-state index in [1.165, 1.54) is 5.56 Å². The van der Waals surface area contributed by atoms with Gasteiger partial charge in [0.15, 0.2) is 0 Å². The minimum atomic E-state index is 0.500. The lowest BCUT2D eigenvalue weighted by atomic mass is 10.0. The Hall–Kier alpha value is -1.77. The van der Waals surface area contributed by atoms with Gasteiger partial charge in [-0.1, -0.05) is 32.0 Å². The molecule has 0 aliphatic heterocycles. The summed E-state index contributed by atoms with van der Waals surface area (Å²) in [4.78, 5) is 7.41. The Morgan fingerprint density at radius 2 is 2.00 bits per heavy atom. The van der Waals surface area contributed by atoms with E-state index >= 15 is 0 Å². The van der Waals surface area contributed by atoms with Gasteiger partial charge in [-0.05, 0) is 24.5 Å². The van der Waals surface area contributed by atoms with Crippen LogP contribution >= 0.6 is 0 Å². The minimum Gasteiger partial charge on any atom is -0.328 e. The lowest BCUT2D eigenvalue weighted by Crippen LogP contribution is -1.98. The molecule has 0 unspecified atom stereocenters. The average molecular weight is 215 g/mol. The van der Waals surface area contributed by atoms with Crippen molar-refractivity contribution in [3.63, 3.8) is 0 Å². The van der Waals surface area contributed by atoms with Gasteiger partial charge in [0.2, 0.25) is 5.95 Å². The number of imidazole rings is 1. The number of hydrogen-bond donors (Lipinski definition) is 2. The number of aromatic amines is 1. The molecule has 2 N–H and O–H groups in total. The number of para-hydroxylation sites is 1. The summed E-state index contributed by atoms with van der Waals surface area (Å²) >= 11 is 0. The maximum Gasteiger partial charge on any atom is 0.204 e. The van der Waals surface area contributed by atoms with E-state index < -0.39 is 0 Å². The smallest absolute Gasteiger partial charge is 0.204 e. The lowest BCUT2D eigenvalue weighted by Gasteiger charge is -2.12. The summed E-state index contributed by atoms with van der Waals surface area (Å²) < 4.78 is 0. The fraction of sp³-hybridized carbons (Fsp3) is 0.308. The van der Waals surface area contributed by atoms with Gasteiger partial charge in [0.05, 0.1) is 0 Å². The van der Waals surface area contributed by atoms with Crippen LogP contribution in [-0.4, -0.2) is 9.97 Å². The number of benzene rings is 1. The minimum absolute atomic E-state index is 0.500. The van der Waals surface area contributed by atoms with Gasteiger partial charge in [-0.25, -0.2) is 4.98 Å². The molecular weight excluding hydrogens is 198 g/mol. The number of aromatic nitrogens is 2. The summed E-state index contributed by atoms with van der Waals surface area (Å²) in [6, 6.07) is 8.31. The highest BCUT2D eigenvalue weighted by Crippen LogP contribution is 2.25. The molecule has 1 aromatic carbocycles. The van der Waals surface area contributed by atoms with Crippen molar-refractivity contribution in [1.29, 1.82) is 0 Å². The first-order chi connectivity index (χ1) is 7.66.